The zero-order valence-electron chi connectivity index (χ0n) is 20.4. The molecule has 34 heavy (non-hydrogen) atoms. The molecule has 1 fully saturated rings. The number of nitrogens with zero attached hydrogens (tertiary/aromatic N) is 2. The summed E-state index contributed by atoms with van der Waals surface area (Å²) in [7, 11) is 0. The number of alkyl carbamates (subject to hydrolysis) is 1. The zero-order valence-corrected chi connectivity index (χ0v) is 20.4. The Morgan fingerprint density at radius 3 is 2.18 bits per heavy atom. The van der Waals surface area contributed by atoms with Gasteiger partial charge in [0.2, 0.25) is 6.08 Å². The minimum absolute atomic E-state index is 0.121. The zero-order chi connectivity index (χ0) is 24.7. The van der Waals surface area contributed by atoms with E-state index in [1.807, 2.05) is 0 Å². The molecule has 0 aromatic rings. The van der Waals surface area contributed by atoms with Crippen molar-refractivity contribution in [1.29, 1.82) is 5.26 Å². The lowest BCUT2D eigenvalue weighted by atomic mass is 9.83. The van der Waals surface area contributed by atoms with Gasteiger partial charge < -0.3 is 19.5 Å². The maximum atomic E-state index is 11.9. The van der Waals surface area contributed by atoms with E-state index in [9.17, 15) is 14.4 Å². The molecule has 0 saturated heterocycles. The normalized spacial score (nSPS) is 17.1. The van der Waals surface area contributed by atoms with E-state index in [0.717, 1.165) is 83.5 Å². The third-order valence-electron chi connectivity index (χ3n) is 6.12. The topological polar surface area (TPSA) is 127 Å². The summed E-state index contributed by atoms with van der Waals surface area (Å²) in [6.07, 6.45) is 15.6. The smallest absolute Gasteiger partial charge is 0.407 e. The van der Waals surface area contributed by atoms with Gasteiger partial charge in [0, 0.05) is 13.0 Å². The lowest BCUT2D eigenvalue weighted by molar-refractivity contribution is -0.145. The van der Waals surface area contributed by atoms with Crippen LogP contribution in [-0.4, -0.2) is 51.1 Å². The van der Waals surface area contributed by atoms with E-state index in [4.69, 9.17) is 14.7 Å². The fourth-order valence-corrected chi connectivity index (χ4v) is 4.02. The van der Waals surface area contributed by atoms with E-state index < -0.39 is 0 Å². The molecule has 9 heteroatoms. The molecule has 1 amide bonds. The molecule has 1 N–H and O–H groups in total. The van der Waals surface area contributed by atoms with Crippen LogP contribution in [-0.2, 0) is 23.8 Å². The number of unbranched alkanes of at least 4 members (excludes halogenated alkanes) is 7. The predicted molar refractivity (Wildman–Crippen MR) is 126 cm³/mol. The third-order valence-corrected chi connectivity index (χ3v) is 6.12. The molecule has 0 unspecified atom stereocenters. The van der Waals surface area contributed by atoms with Gasteiger partial charge in [-0.3, -0.25) is 4.79 Å². The SMILES string of the molecule is N#COCCCCCCCC(=O)OCC1CCC(COC(=O)NCCCCCCN=C=O)CC1. The van der Waals surface area contributed by atoms with E-state index in [2.05, 4.69) is 15.0 Å². The molecule has 0 bridgehead atoms. The average molecular weight is 480 g/mol. The highest BCUT2D eigenvalue weighted by Crippen LogP contribution is 2.29. The van der Waals surface area contributed by atoms with Gasteiger partial charge in [-0.2, -0.15) is 5.26 Å². The molecular formula is C25H41N3O6. The summed E-state index contributed by atoms with van der Waals surface area (Å²) in [6.45, 7) is 2.51. The number of nitriles is 1. The maximum absolute atomic E-state index is 11.9. The predicted octanol–water partition coefficient (Wildman–Crippen LogP) is 4.80. The van der Waals surface area contributed by atoms with Gasteiger partial charge in [-0.25, -0.2) is 14.6 Å². The first-order valence-electron chi connectivity index (χ1n) is 12.8. The second kappa shape index (κ2) is 21.0. The van der Waals surface area contributed by atoms with Gasteiger partial charge in [0.15, 0.2) is 0 Å². The Hall–Kier alpha value is -2.59. The molecule has 1 saturated carbocycles. The molecule has 9 nitrogen and oxygen atoms in total. The van der Waals surface area contributed by atoms with Crippen molar-refractivity contribution in [3.8, 4) is 6.26 Å². The molecule has 0 atom stereocenters. The fourth-order valence-electron chi connectivity index (χ4n) is 4.02. The van der Waals surface area contributed by atoms with Crippen LogP contribution in [0.2, 0.25) is 0 Å². The van der Waals surface area contributed by atoms with Gasteiger partial charge in [-0.1, -0.05) is 32.1 Å². The summed E-state index contributed by atoms with van der Waals surface area (Å²) in [5, 5.41) is 11.1. The monoisotopic (exact) mass is 479 g/mol. The first kappa shape index (κ1) is 29.4. The van der Waals surface area contributed by atoms with Crippen LogP contribution in [0.5, 0.6) is 0 Å². The first-order valence-corrected chi connectivity index (χ1v) is 12.8. The Morgan fingerprint density at radius 2 is 1.47 bits per heavy atom. The van der Waals surface area contributed by atoms with Gasteiger partial charge in [-0.15, -0.1) is 0 Å². The molecular weight excluding hydrogens is 438 g/mol. The van der Waals surface area contributed by atoms with Crippen LogP contribution >= 0.6 is 0 Å². The number of rotatable bonds is 19. The van der Waals surface area contributed by atoms with E-state index in [-0.39, 0.29) is 12.1 Å². The maximum Gasteiger partial charge on any atom is 0.407 e. The second-order valence-electron chi connectivity index (χ2n) is 8.94. The number of nitrogens with one attached hydrogen (secondary N) is 1. The lowest BCUT2D eigenvalue weighted by Crippen LogP contribution is -2.29. The number of amides is 1. The minimum atomic E-state index is -0.364. The molecule has 0 spiro atoms. The van der Waals surface area contributed by atoms with Gasteiger partial charge in [0.1, 0.15) is 6.61 Å². The van der Waals surface area contributed by atoms with Gasteiger partial charge in [0.05, 0.1) is 19.8 Å². The Labute approximate surface area is 203 Å². The number of aliphatic imine (C=N–C) groups is 1. The summed E-state index contributed by atoms with van der Waals surface area (Å²) >= 11 is 0. The molecule has 0 aliphatic heterocycles. The average Bonchev–Trinajstić information content (AvgIpc) is 2.85. The van der Waals surface area contributed by atoms with Crippen molar-refractivity contribution in [2.45, 2.75) is 89.9 Å². The van der Waals surface area contributed by atoms with Crippen molar-refractivity contribution in [2.75, 3.05) is 32.9 Å². The van der Waals surface area contributed by atoms with Crippen LogP contribution in [0.15, 0.2) is 4.99 Å². The Balaban J connectivity index is 1.95. The molecule has 0 radical (unpaired) electrons. The molecule has 0 aromatic carbocycles. The van der Waals surface area contributed by atoms with Crippen LogP contribution in [0.4, 0.5) is 4.79 Å². The van der Waals surface area contributed by atoms with Crippen molar-refractivity contribution in [3.05, 3.63) is 0 Å². The number of hydrogen-bond donors (Lipinski definition) is 1. The van der Waals surface area contributed by atoms with E-state index in [1.54, 1.807) is 6.26 Å². The summed E-state index contributed by atoms with van der Waals surface area (Å²) in [4.78, 5) is 37.2. The molecule has 0 heterocycles. The minimum Gasteiger partial charge on any atom is -0.465 e. The molecule has 1 aliphatic rings. The summed E-state index contributed by atoms with van der Waals surface area (Å²) < 4.78 is 15.4. The Bertz CT molecular complexity index is 637. The van der Waals surface area contributed by atoms with Crippen LogP contribution in [0.25, 0.3) is 0 Å². The largest absolute Gasteiger partial charge is 0.465 e. The van der Waals surface area contributed by atoms with Crippen molar-refractivity contribution in [1.82, 2.24) is 5.32 Å². The van der Waals surface area contributed by atoms with Gasteiger partial charge >= 0.3 is 12.1 Å². The summed E-state index contributed by atoms with van der Waals surface area (Å²) in [5.41, 5.74) is 0. The van der Waals surface area contributed by atoms with E-state index in [1.165, 1.54) is 6.08 Å². The number of esters is 1. The highest BCUT2D eigenvalue weighted by molar-refractivity contribution is 5.69. The molecule has 0 aromatic heterocycles. The summed E-state index contributed by atoms with van der Waals surface area (Å²) in [5.74, 6) is 0.644. The van der Waals surface area contributed by atoms with Crippen molar-refractivity contribution < 1.29 is 28.6 Å². The first-order chi connectivity index (χ1) is 16.7. The van der Waals surface area contributed by atoms with Crippen molar-refractivity contribution >= 4 is 18.1 Å². The molecule has 1 aliphatic carbocycles. The van der Waals surface area contributed by atoms with Gasteiger partial charge in [-0.05, 0) is 63.2 Å². The van der Waals surface area contributed by atoms with Crippen LogP contribution < -0.4 is 5.32 Å². The van der Waals surface area contributed by atoms with Crippen LogP contribution in [0, 0.1) is 23.4 Å². The second-order valence-corrected chi connectivity index (χ2v) is 8.94. The quantitative estimate of drug-likeness (QED) is 0.0927. The number of carbonyl (C=O) groups excluding carboxylic acids is 3. The highest BCUT2D eigenvalue weighted by atomic mass is 16.5. The van der Waals surface area contributed by atoms with Crippen LogP contribution in [0.1, 0.15) is 89.9 Å². The number of isocyanates is 1. The number of ether oxygens (including phenoxy) is 3. The molecule has 1 rings (SSSR count). The standard InChI is InChI=1S/C25H41N3O6/c26-20-32-17-9-5-1-2-6-10-24(30)33-18-22-11-13-23(14-12-22)19-34-25(31)28-16-8-4-3-7-15-27-21-29/h22-23H,1-19H2,(H,28,31). The fraction of sp³-hybridized carbons (Fsp3) is 0.840. The summed E-state index contributed by atoms with van der Waals surface area (Å²) in [6, 6.07) is 0. The van der Waals surface area contributed by atoms with E-state index >= 15 is 0 Å². The van der Waals surface area contributed by atoms with Gasteiger partial charge in [0.25, 0.3) is 6.26 Å². The number of hydrogen-bond acceptors (Lipinski definition) is 8. The Kier molecular flexibility index (Phi) is 18.2. The van der Waals surface area contributed by atoms with Crippen molar-refractivity contribution in [2.24, 2.45) is 16.8 Å². The van der Waals surface area contributed by atoms with Crippen LogP contribution in [0.3, 0.4) is 0 Å². The third kappa shape index (κ3) is 17.0. The molecule has 192 valence electrons. The van der Waals surface area contributed by atoms with E-state index in [0.29, 0.717) is 51.2 Å². The van der Waals surface area contributed by atoms with Crippen molar-refractivity contribution in [3.63, 3.8) is 0 Å². The Morgan fingerprint density at radius 1 is 0.853 bits per heavy atom. The number of carbonyl (C=O) groups is 2. The lowest BCUT2D eigenvalue weighted by Gasteiger charge is -2.27. The highest BCUT2D eigenvalue weighted by Gasteiger charge is 2.23.